The number of piperidine rings is 1. The maximum atomic E-state index is 11.6. The molecule has 2 aliphatic heterocycles. The maximum Gasteiger partial charge on any atom is 0.193 e. The van der Waals surface area contributed by atoms with Crippen molar-refractivity contribution in [3.05, 3.63) is 35.9 Å². The zero-order chi connectivity index (χ0) is 20.7. The van der Waals surface area contributed by atoms with Gasteiger partial charge in [-0.15, -0.1) is 0 Å². The minimum Gasteiger partial charge on any atom is -0.357 e. The highest BCUT2D eigenvalue weighted by Gasteiger charge is 2.30. The largest absolute Gasteiger partial charge is 0.357 e. The third-order valence-electron chi connectivity index (χ3n) is 6.24. The number of nitrogens with zero attached hydrogens (tertiary/aromatic N) is 3. The summed E-state index contributed by atoms with van der Waals surface area (Å²) in [5, 5.41) is 3.46. The van der Waals surface area contributed by atoms with E-state index in [1.165, 1.54) is 5.56 Å². The first-order valence-electron chi connectivity index (χ1n) is 11.0. The van der Waals surface area contributed by atoms with E-state index >= 15 is 0 Å². The average molecular weight is 421 g/mol. The van der Waals surface area contributed by atoms with Crippen LogP contribution in [0.2, 0.25) is 0 Å². The van der Waals surface area contributed by atoms with Crippen LogP contribution in [-0.4, -0.2) is 81.5 Å². The molecule has 1 aromatic rings. The van der Waals surface area contributed by atoms with Gasteiger partial charge < -0.3 is 10.2 Å². The van der Waals surface area contributed by atoms with Crippen LogP contribution < -0.4 is 5.32 Å². The van der Waals surface area contributed by atoms with E-state index in [-0.39, 0.29) is 11.5 Å². The zero-order valence-corrected chi connectivity index (χ0v) is 18.7. The van der Waals surface area contributed by atoms with Crippen molar-refractivity contribution in [1.29, 1.82) is 0 Å². The van der Waals surface area contributed by atoms with Crippen LogP contribution in [0.25, 0.3) is 0 Å². The Morgan fingerprint density at radius 3 is 2.52 bits per heavy atom. The Morgan fingerprint density at radius 1 is 1.14 bits per heavy atom. The minimum atomic E-state index is -2.82. The zero-order valence-electron chi connectivity index (χ0n) is 17.9. The van der Waals surface area contributed by atoms with E-state index in [2.05, 4.69) is 59.3 Å². The lowest BCUT2D eigenvalue weighted by Crippen LogP contribution is -2.48. The minimum absolute atomic E-state index is 0.280. The van der Waals surface area contributed by atoms with Gasteiger partial charge in [0.15, 0.2) is 15.8 Å². The molecule has 0 radical (unpaired) electrons. The van der Waals surface area contributed by atoms with Crippen molar-refractivity contribution in [2.75, 3.05) is 57.3 Å². The Labute approximate surface area is 176 Å². The molecule has 2 atom stereocenters. The molecular weight excluding hydrogens is 384 g/mol. The van der Waals surface area contributed by atoms with Gasteiger partial charge in [-0.3, -0.25) is 9.89 Å². The summed E-state index contributed by atoms with van der Waals surface area (Å²) in [6.45, 7) is 10.1. The Balaban J connectivity index is 1.58. The van der Waals surface area contributed by atoms with Crippen molar-refractivity contribution in [1.82, 2.24) is 15.1 Å². The fraction of sp³-hybridized carbons (Fsp3) is 0.682. The third kappa shape index (κ3) is 6.19. The van der Waals surface area contributed by atoms with Crippen molar-refractivity contribution >= 4 is 15.8 Å². The van der Waals surface area contributed by atoms with E-state index in [1.807, 2.05) is 0 Å². The highest BCUT2D eigenvalue weighted by Crippen LogP contribution is 2.34. The van der Waals surface area contributed by atoms with E-state index in [0.717, 1.165) is 45.0 Å². The number of rotatable bonds is 6. The molecule has 2 heterocycles. The van der Waals surface area contributed by atoms with Gasteiger partial charge >= 0.3 is 0 Å². The lowest BCUT2D eigenvalue weighted by Gasteiger charge is -2.40. The molecular formula is C22H36N4O2S. The highest BCUT2D eigenvalue weighted by molar-refractivity contribution is 7.91. The second kappa shape index (κ2) is 10.4. The monoisotopic (exact) mass is 420 g/mol. The molecule has 0 saturated carbocycles. The van der Waals surface area contributed by atoms with Gasteiger partial charge in [0.1, 0.15) is 0 Å². The summed E-state index contributed by atoms with van der Waals surface area (Å²) in [7, 11) is -2.82. The number of likely N-dealkylation sites (tertiary alicyclic amines) is 1. The van der Waals surface area contributed by atoms with E-state index in [4.69, 9.17) is 4.99 Å². The highest BCUT2D eigenvalue weighted by atomic mass is 32.2. The molecule has 1 N–H and O–H groups in total. The van der Waals surface area contributed by atoms with Crippen LogP contribution in [0.5, 0.6) is 0 Å². The number of guanidine groups is 1. The fourth-order valence-electron chi connectivity index (χ4n) is 4.47. The molecule has 6 nitrogen and oxygen atoms in total. The van der Waals surface area contributed by atoms with Gasteiger partial charge in [-0.2, -0.15) is 0 Å². The van der Waals surface area contributed by atoms with Gasteiger partial charge in [0.05, 0.1) is 18.1 Å². The van der Waals surface area contributed by atoms with Gasteiger partial charge in [0, 0.05) is 39.3 Å². The molecule has 7 heteroatoms. The van der Waals surface area contributed by atoms with Gasteiger partial charge in [0.25, 0.3) is 0 Å². The smallest absolute Gasteiger partial charge is 0.193 e. The number of sulfone groups is 1. The fourth-order valence-corrected chi connectivity index (χ4v) is 5.75. The van der Waals surface area contributed by atoms with E-state index in [0.29, 0.717) is 31.5 Å². The number of aliphatic imine (C=N–C) groups is 1. The molecule has 1 aromatic carbocycles. The Bertz CT molecular complexity index is 752. The van der Waals surface area contributed by atoms with Crippen LogP contribution in [-0.2, 0) is 9.84 Å². The molecule has 2 unspecified atom stereocenters. The van der Waals surface area contributed by atoms with Crippen molar-refractivity contribution in [2.45, 2.75) is 32.6 Å². The maximum absolute atomic E-state index is 11.6. The van der Waals surface area contributed by atoms with Crippen LogP contribution in [0.15, 0.2) is 35.3 Å². The average Bonchev–Trinajstić information content (AvgIpc) is 2.74. The summed E-state index contributed by atoms with van der Waals surface area (Å²) in [6.07, 6.45) is 2.31. The molecule has 2 aliphatic rings. The van der Waals surface area contributed by atoms with Crippen LogP contribution >= 0.6 is 0 Å². The van der Waals surface area contributed by atoms with Crippen LogP contribution in [0, 0.1) is 5.92 Å². The standard InChI is InChI=1S/C22H36N4O2S/c1-3-19-18-26(12-10-21(19)20-8-6-5-7-9-20)22(23-4-2)24-11-13-25-14-16-29(27,28)17-15-25/h5-9,19,21H,3-4,10-18H2,1-2H3,(H,23,24). The third-order valence-corrected chi connectivity index (χ3v) is 7.84. The molecule has 2 saturated heterocycles. The van der Waals surface area contributed by atoms with Gasteiger partial charge in [0.2, 0.25) is 0 Å². The van der Waals surface area contributed by atoms with Crippen molar-refractivity contribution in [3.63, 3.8) is 0 Å². The number of nitrogens with one attached hydrogen (secondary N) is 1. The second-order valence-corrected chi connectivity index (χ2v) is 10.5. The lowest BCUT2D eigenvalue weighted by atomic mass is 9.79. The Hall–Kier alpha value is -1.60. The lowest BCUT2D eigenvalue weighted by molar-refractivity contribution is 0.215. The molecule has 2 fully saturated rings. The Morgan fingerprint density at radius 2 is 1.86 bits per heavy atom. The summed E-state index contributed by atoms with van der Waals surface area (Å²) in [4.78, 5) is 9.50. The summed E-state index contributed by atoms with van der Waals surface area (Å²) < 4.78 is 23.2. The summed E-state index contributed by atoms with van der Waals surface area (Å²) in [5.74, 6) is 2.81. The SMILES string of the molecule is CCNC(=NCCN1CCS(=O)(=O)CC1)N1CCC(c2ccccc2)C(CC)C1. The summed E-state index contributed by atoms with van der Waals surface area (Å²) in [6, 6.07) is 10.9. The van der Waals surface area contributed by atoms with Crippen LogP contribution in [0.1, 0.15) is 38.2 Å². The summed E-state index contributed by atoms with van der Waals surface area (Å²) >= 11 is 0. The normalized spacial score (nSPS) is 25.7. The molecule has 162 valence electrons. The van der Waals surface area contributed by atoms with Crippen molar-refractivity contribution in [2.24, 2.45) is 10.9 Å². The molecule has 29 heavy (non-hydrogen) atoms. The van der Waals surface area contributed by atoms with Crippen molar-refractivity contribution < 1.29 is 8.42 Å². The molecule has 0 aliphatic carbocycles. The predicted molar refractivity (Wildman–Crippen MR) is 120 cm³/mol. The van der Waals surface area contributed by atoms with Gasteiger partial charge in [-0.25, -0.2) is 8.42 Å². The first-order valence-corrected chi connectivity index (χ1v) is 12.9. The Kier molecular flexibility index (Phi) is 7.95. The van der Waals surface area contributed by atoms with Crippen molar-refractivity contribution in [3.8, 4) is 0 Å². The number of hydrogen-bond acceptors (Lipinski definition) is 4. The molecule has 0 aromatic heterocycles. The first kappa shape index (κ1) is 22.1. The van der Waals surface area contributed by atoms with Gasteiger partial charge in [-0.1, -0.05) is 43.7 Å². The van der Waals surface area contributed by atoms with Gasteiger partial charge in [-0.05, 0) is 30.7 Å². The predicted octanol–water partition coefficient (Wildman–Crippen LogP) is 2.20. The molecule has 3 rings (SSSR count). The number of benzene rings is 1. The number of hydrogen-bond donors (Lipinski definition) is 1. The van der Waals surface area contributed by atoms with E-state index in [1.54, 1.807) is 0 Å². The molecule has 0 amide bonds. The quantitative estimate of drug-likeness (QED) is 0.565. The first-order chi connectivity index (χ1) is 14.0. The van der Waals surface area contributed by atoms with Crippen LogP contribution in [0.3, 0.4) is 0 Å². The van der Waals surface area contributed by atoms with E-state index < -0.39 is 9.84 Å². The van der Waals surface area contributed by atoms with Crippen LogP contribution in [0.4, 0.5) is 0 Å². The molecule has 0 spiro atoms. The topological polar surface area (TPSA) is 65.0 Å². The second-order valence-electron chi connectivity index (χ2n) is 8.15. The molecule has 0 bridgehead atoms. The van der Waals surface area contributed by atoms with E-state index in [9.17, 15) is 8.42 Å². The summed E-state index contributed by atoms with van der Waals surface area (Å²) in [5.41, 5.74) is 1.46.